The second kappa shape index (κ2) is 4.77. The van der Waals surface area contributed by atoms with Gasteiger partial charge in [0, 0.05) is 5.41 Å². The van der Waals surface area contributed by atoms with Gasteiger partial charge in [0.15, 0.2) is 0 Å². The molecule has 104 valence electrons. The molecule has 0 aliphatic heterocycles. The smallest absolute Gasteiger partial charge is 0.0254 e. The lowest BCUT2D eigenvalue weighted by atomic mass is 9.56. The quantitative estimate of drug-likeness (QED) is 0.700. The predicted octanol–water partition coefficient (Wildman–Crippen LogP) is 5.19. The van der Waals surface area contributed by atoms with Crippen molar-refractivity contribution in [2.75, 3.05) is 0 Å². The van der Waals surface area contributed by atoms with Gasteiger partial charge in [0.1, 0.15) is 0 Å². The molecule has 2 aromatic rings. The Kier molecular flexibility index (Phi) is 3.20. The third-order valence-electron chi connectivity index (χ3n) is 5.13. The molecular weight excluding hydrogens is 240 g/mol. The topological polar surface area (TPSA) is 0 Å². The SMILES string of the molecule is CC(C)C1(C(C)C)c2ccccc2Cc2ccccc21. The number of hydrogen-bond donors (Lipinski definition) is 0. The van der Waals surface area contributed by atoms with E-state index in [0.29, 0.717) is 11.8 Å². The van der Waals surface area contributed by atoms with E-state index in [0.717, 1.165) is 6.42 Å². The summed E-state index contributed by atoms with van der Waals surface area (Å²) in [6.07, 6.45) is 1.08. The van der Waals surface area contributed by atoms with Crippen LogP contribution in [0.25, 0.3) is 0 Å². The highest BCUT2D eigenvalue weighted by molar-refractivity contribution is 5.54. The van der Waals surface area contributed by atoms with Crippen molar-refractivity contribution >= 4 is 0 Å². The monoisotopic (exact) mass is 264 g/mol. The Labute approximate surface area is 122 Å². The van der Waals surface area contributed by atoms with Crippen molar-refractivity contribution in [2.24, 2.45) is 11.8 Å². The zero-order valence-corrected chi connectivity index (χ0v) is 13.0. The minimum atomic E-state index is 0.144. The van der Waals surface area contributed by atoms with Crippen LogP contribution < -0.4 is 0 Å². The maximum absolute atomic E-state index is 2.37. The second-order valence-electron chi connectivity index (χ2n) is 6.67. The highest BCUT2D eigenvalue weighted by atomic mass is 14.5. The van der Waals surface area contributed by atoms with Crippen LogP contribution in [0.2, 0.25) is 0 Å². The largest absolute Gasteiger partial charge is 0.0620 e. The average Bonchev–Trinajstić information content (AvgIpc) is 2.43. The van der Waals surface area contributed by atoms with Gasteiger partial charge in [-0.05, 0) is 40.5 Å². The Balaban J connectivity index is 2.37. The zero-order valence-electron chi connectivity index (χ0n) is 13.0. The van der Waals surface area contributed by atoms with Gasteiger partial charge in [-0.1, -0.05) is 76.2 Å². The van der Waals surface area contributed by atoms with E-state index in [1.807, 2.05) is 0 Å². The van der Waals surface area contributed by atoms with Crippen LogP contribution in [0.5, 0.6) is 0 Å². The van der Waals surface area contributed by atoms with E-state index in [1.54, 1.807) is 11.1 Å². The van der Waals surface area contributed by atoms with Gasteiger partial charge in [-0.2, -0.15) is 0 Å². The van der Waals surface area contributed by atoms with E-state index in [9.17, 15) is 0 Å². The minimum absolute atomic E-state index is 0.144. The molecule has 0 N–H and O–H groups in total. The van der Waals surface area contributed by atoms with Gasteiger partial charge in [0.25, 0.3) is 0 Å². The molecule has 0 aromatic heterocycles. The Morgan fingerprint density at radius 2 is 1.10 bits per heavy atom. The fourth-order valence-electron chi connectivity index (χ4n) is 4.42. The van der Waals surface area contributed by atoms with Gasteiger partial charge in [0.2, 0.25) is 0 Å². The maximum atomic E-state index is 2.37. The van der Waals surface area contributed by atoms with Gasteiger partial charge >= 0.3 is 0 Å². The summed E-state index contributed by atoms with van der Waals surface area (Å²) in [7, 11) is 0. The van der Waals surface area contributed by atoms with Crippen LogP contribution in [0.4, 0.5) is 0 Å². The molecule has 0 saturated heterocycles. The third-order valence-corrected chi connectivity index (χ3v) is 5.13. The van der Waals surface area contributed by atoms with E-state index >= 15 is 0 Å². The Morgan fingerprint density at radius 1 is 0.700 bits per heavy atom. The number of hydrogen-bond acceptors (Lipinski definition) is 0. The summed E-state index contributed by atoms with van der Waals surface area (Å²) >= 11 is 0. The molecule has 0 unspecified atom stereocenters. The molecule has 0 heterocycles. The summed E-state index contributed by atoms with van der Waals surface area (Å²) < 4.78 is 0. The second-order valence-corrected chi connectivity index (χ2v) is 6.67. The molecule has 0 atom stereocenters. The predicted molar refractivity (Wildman–Crippen MR) is 86.1 cm³/mol. The molecule has 0 heteroatoms. The van der Waals surface area contributed by atoms with Crippen molar-refractivity contribution in [3.63, 3.8) is 0 Å². The van der Waals surface area contributed by atoms with E-state index in [4.69, 9.17) is 0 Å². The van der Waals surface area contributed by atoms with Crippen molar-refractivity contribution in [2.45, 2.75) is 39.5 Å². The molecule has 0 radical (unpaired) electrons. The van der Waals surface area contributed by atoms with E-state index in [-0.39, 0.29) is 5.41 Å². The van der Waals surface area contributed by atoms with Crippen LogP contribution in [0.1, 0.15) is 49.9 Å². The Bertz CT molecular complexity index is 564. The standard InChI is InChI=1S/C20H24/c1-14(2)20(15(3)4)18-11-7-5-9-16(18)13-17-10-6-8-12-19(17)20/h5-12,14-15H,13H2,1-4H3. The van der Waals surface area contributed by atoms with E-state index in [1.165, 1.54) is 11.1 Å². The molecular formula is C20H24. The first kappa shape index (κ1) is 13.4. The van der Waals surface area contributed by atoms with Gasteiger partial charge in [-0.3, -0.25) is 0 Å². The fourth-order valence-corrected chi connectivity index (χ4v) is 4.42. The first-order valence-electron chi connectivity index (χ1n) is 7.75. The summed E-state index contributed by atoms with van der Waals surface area (Å²) in [5.74, 6) is 1.18. The molecule has 0 bridgehead atoms. The molecule has 0 amide bonds. The summed E-state index contributed by atoms with van der Waals surface area (Å²) in [5.41, 5.74) is 6.25. The summed E-state index contributed by atoms with van der Waals surface area (Å²) in [4.78, 5) is 0. The molecule has 20 heavy (non-hydrogen) atoms. The first-order chi connectivity index (χ1) is 9.58. The molecule has 2 aromatic carbocycles. The van der Waals surface area contributed by atoms with Crippen molar-refractivity contribution in [3.8, 4) is 0 Å². The summed E-state index contributed by atoms with van der Waals surface area (Å²) in [6, 6.07) is 18.1. The van der Waals surface area contributed by atoms with Gasteiger partial charge in [-0.25, -0.2) is 0 Å². The molecule has 0 nitrogen and oxygen atoms in total. The highest BCUT2D eigenvalue weighted by Gasteiger charge is 2.44. The van der Waals surface area contributed by atoms with Gasteiger partial charge in [0.05, 0.1) is 0 Å². The van der Waals surface area contributed by atoms with E-state index in [2.05, 4.69) is 76.2 Å². The molecule has 0 fully saturated rings. The first-order valence-corrected chi connectivity index (χ1v) is 7.75. The Morgan fingerprint density at radius 3 is 1.50 bits per heavy atom. The number of benzene rings is 2. The van der Waals surface area contributed by atoms with Crippen molar-refractivity contribution in [3.05, 3.63) is 70.8 Å². The Hall–Kier alpha value is -1.56. The van der Waals surface area contributed by atoms with Gasteiger partial charge in [-0.15, -0.1) is 0 Å². The molecule has 1 aliphatic rings. The van der Waals surface area contributed by atoms with Crippen LogP contribution >= 0.6 is 0 Å². The third kappa shape index (κ3) is 1.67. The average molecular weight is 264 g/mol. The van der Waals surface area contributed by atoms with Crippen LogP contribution in [0.15, 0.2) is 48.5 Å². The molecule has 3 rings (SSSR count). The van der Waals surface area contributed by atoms with Crippen LogP contribution in [-0.2, 0) is 11.8 Å². The zero-order chi connectivity index (χ0) is 14.3. The lowest BCUT2D eigenvalue weighted by Gasteiger charge is -2.47. The molecule has 0 spiro atoms. The fraction of sp³-hybridized carbons (Fsp3) is 0.400. The van der Waals surface area contributed by atoms with Crippen LogP contribution in [-0.4, -0.2) is 0 Å². The van der Waals surface area contributed by atoms with Crippen LogP contribution in [0.3, 0.4) is 0 Å². The lowest BCUT2D eigenvalue weighted by Crippen LogP contribution is -2.42. The maximum Gasteiger partial charge on any atom is 0.0254 e. The highest BCUT2D eigenvalue weighted by Crippen LogP contribution is 2.50. The molecule has 0 saturated carbocycles. The number of rotatable bonds is 2. The number of fused-ring (bicyclic) bond motifs is 2. The minimum Gasteiger partial charge on any atom is -0.0620 e. The van der Waals surface area contributed by atoms with E-state index < -0.39 is 0 Å². The summed E-state index contributed by atoms with van der Waals surface area (Å²) in [5, 5.41) is 0. The lowest BCUT2D eigenvalue weighted by molar-refractivity contribution is 0.266. The molecule has 1 aliphatic carbocycles. The van der Waals surface area contributed by atoms with Gasteiger partial charge < -0.3 is 0 Å². The summed E-state index contributed by atoms with van der Waals surface area (Å²) in [6.45, 7) is 9.50. The normalized spacial score (nSPS) is 16.1. The van der Waals surface area contributed by atoms with Crippen molar-refractivity contribution < 1.29 is 0 Å². The van der Waals surface area contributed by atoms with Crippen molar-refractivity contribution in [1.29, 1.82) is 0 Å². The van der Waals surface area contributed by atoms with Crippen LogP contribution in [0, 0.1) is 11.8 Å². The van der Waals surface area contributed by atoms with Crippen molar-refractivity contribution in [1.82, 2.24) is 0 Å².